The predicted octanol–water partition coefficient (Wildman–Crippen LogP) is 3.36. The molecule has 1 fully saturated rings. The van der Waals surface area contributed by atoms with Crippen LogP contribution in [0.5, 0.6) is 0 Å². The molecule has 0 aliphatic carbocycles. The third-order valence-electron chi connectivity index (χ3n) is 4.48. The number of rotatable bonds is 4. The summed E-state index contributed by atoms with van der Waals surface area (Å²) < 4.78 is 12.2. The van der Waals surface area contributed by atoms with Crippen molar-refractivity contribution in [2.24, 2.45) is 5.92 Å². The number of anilines is 1. The van der Waals surface area contributed by atoms with Crippen LogP contribution >= 0.6 is 0 Å². The van der Waals surface area contributed by atoms with E-state index >= 15 is 0 Å². The van der Waals surface area contributed by atoms with Crippen molar-refractivity contribution in [3.05, 3.63) is 23.8 Å². The Hall–Kier alpha value is -0.995. The van der Waals surface area contributed by atoms with Crippen LogP contribution < -0.4 is 10.8 Å². The van der Waals surface area contributed by atoms with Gasteiger partial charge in [-0.25, -0.2) is 0 Å². The molecule has 21 heavy (non-hydrogen) atoms. The quantitative estimate of drug-likeness (QED) is 0.862. The lowest BCUT2D eigenvalue weighted by atomic mass is 9.78. The number of hydrogen-bond donors (Lipinski definition) is 1. The molecule has 0 amide bonds. The highest BCUT2D eigenvalue weighted by Crippen LogP contribution is 2.36. The fraction of sp³-hybridized carbons (Fsp3) is 0.647. The summed E-state index contributed by atoms with van der Waals surface area (Å²) in [6, 6.07) is 6.38. The Morgan fingerprint density at radius 1 is 1.10 bits per heavy atom. The number of benzene rings is 1. The molecule has 1 aromatic rings. The van der Waals surface area contributed by atoms with Crippen molar-refractivity contribution in [1.29, 1.82) is 0 Å². The second kappa shape index (κ2) is 5.66. The van der Waals surface area contributed by atoms with Gasteiger partial charge in [0.2, 0.25) is 0 Å². The third kappa shape index (κ3) is 3.43. The van der Waals surface area contributed by atoms with E-state index < -0.39 is 0 Å². The molecule has 1 aliphatic rings. The van der Waals surface area contributed by atoms with E-state index in [4.69, 9.17) is 9.31 Å². The van der Waals surface area contributed by atoms with Gasteiger partial charge in [-0.05, 0) is 57.6 Å². The van der Waals surface area contributed by atoms with Crippen molar-refractivity contribution < 1.29 is 9.31 Å². The van der Waals surface area contributed by atoms with E-state index in [9.17, 15) is 0 Å². The van der Waals surface area contributed by atoms with Crippen LogP contribution in [-0.2, 0) is 9.31 Å². The van der Waals surface area contributed by atoms with Crippen LogP contribution in [0.4, 0.5) is 5.69 Å². The van der Waals surface area contributed by atoms with Crippen LogP contribution in [0.3, 0.4) is 0 Å². The molecule has 0 atom stereocenters. The zero-order valence-electron chi connectivity index (χ0n) is 14.4. The maximum atomic E-state index is 6.10. The van der Waals surface area contributed by atoms with Gasteiger partial charge < -0.3 is 14.6 Å². The number of hydrogen-bond acceptors (Lipinski definition) is 3. The van der Waals surface area contributed by atoms with Crippen molar-refractivity contribution >= 4 is 18.3 Å². The highest BCUT2D eigenvalue weighted by Gasteiger charge is 2.51. The first kappa shape index (κ1) is 16.4. The molecule has 2 rings (SSSR count). The molecule has 0 spiro atoms. The molecule has 3 nitrogen and oxygen atoms in total. The highest BCUT2D eigenvalue weighted by atomic mass is 16.7. The summed E-state index contributed by atoms with van der Waals surface area (Å²) in [6.45, 7) is 15.9. The highest BCUT2D eigenvalue weighted by molar-refractivity contribution is 6.62. The van der Waals surface area contributed by atoms with Gasteiger partial charge in [0, 0.05) is 12.2 Å². The van der Waals surface area contributed by atoms with Crippen LogP contribution in [0.25, 0.3) is 0 Å². The Morgan fingerprint density at radius 3 is 2.14 bits per heavy atom. The van der Waals surface area contributed by atoms with Gasteiger partial charge in [-0.1, -0.05) is 26.0 Å². The van der Waals surface area contributed by atoms with Crippen molar-refractivity contribution in [2.75, 3.05) is 11.9 Å². The van der Waals surface area contributed by atoms with Crippen LogP contribution in [0.1, 0.15) is 47.1 Å². The summed E-state index contributed by atoms with van der Waals surface area (Å²) >= 11 is 0. The molecule has 1 saturated heterocycles. The average molecular weight is 289 g/mol. The van der Waals surface area contributed by atoms with Gasteiger partial charge in [0.1, 0.15) is 0 Å². The summed E-state index contributed by atoms with van der Waals surface area (Å²) in [4.78, 5) is 0. The summed E-state index contributed by atoms with van der Waals surface area (Å²) in [5, 5.41) is 3.48. The van der Waals surface area contributed by atoms with Gasteiger partial charge in [-0.2, -0.15) is 0 Å². The Bertz CT molecular complexity index is 496. The van der Waals surface area contributed by atoms with Gasteiger partial charge in [-0.3, -0.25) is 0 Å². The van der Waals surface area contributed by atoms with Gasteiger partial charge >= 0.3 is 7.12 Å². The molecule has 1 aromatic carbocycles. The average Bonchev–Trinajstić information content (AvgIpc) is 2.56. The minimum atomic E-state index is -0.292. The molecule has 0 radical (unpaired) electrons. The molecular formula is C17H28BNO2. The molecule has 1 heterocycles. The van der Waals surface area contributed by atoms with Crippen molar-refractivity contribution in [1.82, 2.24) is 0 Å². The maximum absolute atomic E-state index is 6.10. The Kier molecular flexibility index (Phi) is 4.41. The van der Waals surface area contributed by atoms with E-state index in [-0.39, 0.29) is 18.3 Å². The fourth-order valence-electron chi connectivity index (χ4n) is 2.33. The maximum Gasteiger partial charge on any atom is 0.494 e. The molecule has 0 saturated carbocycles. The van der Waals surface area contributed by atoms with Crippen molar-refractivity contribution in [3.63, 3.8) is 0 Å². The molecule has 0 unspecified atom stereocenters. The number of aryl methyl sites for hydroxylation is 1. The van der Waals surface area contributed by atoms with Gasteiger partial charge in [0.25, 0.3) is 0 Å². The zero-order valence-corrected chi connectivity index (χ0v) is 14.4. The number of nitrogens with one attached hydrogen (secondary N) is 1. The van der Waals surface area contributed by atoms with E-state index in [1.54, 1.807) is 0 Å². The summed E-state index contributed by atoms with van der Waals surface area (Å²) in [6.07, 6.45) is 0. The normalized spacial score (nSPS) is 20.1. The Balaban J connectivity index is 2.14. The molecule has 0 aromatic heterocycles. The molecule has 0 bridgehead atoms. The van der Waals surface area contributed by atoms with E-state index in [1.807, 2.05) is 0 Å². The minimum Gasteiger partial charge on any atom is -0.399 e. The summed E-state index contributed by atoms with van der Waals surface area (Å²) in [5.74, 6) is 0.632. The predicted molar refractivity (Wildman–Crippen MR) is 90.2 cm³/mol. The lowest BCUT2D eigenvalue weighted by molar-refractivity contribution is 0.00578. The first-order valence-electron chi connectivity index (χ1n) is 7.82. The van der Waals surface area contributed by atoms with Crippen molar-refractivity contribution in [2.45, 2.75) is 59.7 Å². The SMILES string of the molecule is Cc1cc(B2OC(C)(C)C(C)(C)O2)ccc1NCC(C)C. The van der Waals surface area contributed by atoms with E-state index in [0.29, 0.717) is 5.92 Å². The minimum absolute atomic E-state index is 0.284. The lowest BCUT2D eigenvalue weighted by Crippen LogP contribution is -2.41. The Labute approximate surface area is 129 Å². The zero-order chi connectivity index (χ0) is 15.8. The molecule has 4 heteroatoms. The van der Waals surface area contributed by atoms with Gasteiger partial charge in [0.05, 0.1) is 11.2 Å². The third-order valence-corrected chi connectivity index (χ3v) is 4.48. The summed E-state index contributed by atoms with van der Waals surface area (Å²) in [7, 11) is -0.284. The van der Waals surface area contributed by atoms with Crippen LogP contribution in [0, 0.1) is 12.8 Å². The lowest BCUT2D eigenvalue weighted by Gasteiger charge is -2.32. The standard InChI is InChI=1S/C17H28BNO2/c1-12(2)11-19-15-9-8-14(10-13(15)3)18-20-16(4,5)17(6,7)21-18/h8-10,12,19H,11H2,1-7H3. The molecule has 1 aliphatic heterocycles. The van der Waals surface area contributed by atoms with E-state index in [2.05, 4.69) is 72.0 Å². The topological polar surface area (TPSA) is 30.5 Å². The summed E-state index contributed by atoms with van der Waals surface area (Å²) in [5.41, 5.74) is 2.91. The van der Waals surface area contributed by atoms with Crippen LogP contribution in [0.2, 0.25) is 0 Å². The van der Waals surface area contributed by atoms with E-state index in [1.165, 1.54) is 11.3 Å². The van der Waals surface area contributed by atoms with Gasteiger partial charge in [-0.15, -0.1) is 0 Å². The first-order chi connectivity index (χ1) is 9.62. The smallest absolute Gasteiger partial charge is 0.399 e. The second-order valence-corrected chi connectivity index (χ2v) is 7.44. The van der Waals surface area contributed by atoms with Crippen LogP contribution in [-0.4, -0.2) is 24.9 Å². The molecule has 1 N–H and O–H groups in total. The monoisotopic (exact) mass is 289 g/mol. The van der Waals surface area contributed by atoms with Crippen LogP contribution in [0.15, 0.2) is 18.2 Å². The first-order valence-corrected chi connectivity index (χ1v) is 7.82. The fourth-order valence-corrected chi connectivity index (χ4v) is 2.33. The Morgan fingerprint density at radius 2 is 1.67 bits per heavy atom. The molecular weight excluding hydrogens is 261 g/mol. The largest absolute Gasteiger partial charge is 0.494 e. The van der Waals surface area contributed by atoms with Gasteiger partial charge in [0.15, 0.2) is 0 Å². The molecule has 116 valence electrons. The van der Waals surface area contributed by atoms with E-state index in [0.717, 1.165) is 12.0 Å². The van der Waals surface area contributed by atoms with Crippen molar-refractivity contribution in [3.8, 4) is 0 Å². The second-order valence-electron chi connectivity index (χ2n) is 7.44.